The van der Waals surface area contributed by atoms with Crippen LogP contribution in [0.1, 0.15) is 41.7 Å². The predicted octanol–water partition coefficient (Wildman–Crippen LogP) is 4.66. The van der Waals surface area contributed by atoms with Crippen LogP contribution in [0.2, 0.25) is 0 Å². The van der Waals surface area contributed by atoms with Crippen molar-refractivity contribution < 1.29 is 28.3 Å². The Labute approximate surface area is 189 Å². The second-order valence-corrected chi connectivity index (χ2v) is 8.28. The molecule has 0 radical (unpaired) electrons. The fourth-order valence-electron chi connectivity index (χ4n) is 2.97. The van der Waals surface area contributed by atoms with Gasteiger partial charge >= 0.3 is 5.97 Å². The van der Waals surface area contributed by atoms with Gasteiger partial charge in [0.1, 0.15) is 19.5 Å². The topological polar surface area (TPSA) is 78.7 Å². The quantitative estimate of drug-likeness (QED) is 0.234. The van der Waals surface area contributed by atoms with Crippen LogP contribution in [0.4, 0.5) is 4.39 Å². The van der Waals surface area contributed by atoms with E-state index in [1.54, 1.807) is 31.2 Å². The molecular weight excluding hydrogens is 434 g/mol. The van der Waals surface area contributed by atoms with Gasteiger partial charge in [-0.1, -0.05) is 43.8 Å². The summed E-state index contributed by atoms with van der Waals surface area (Å²) in [6.07, 6.45) is 0. The van der Waals surface area contributed by atoms with Crippen LogP contribution < -0.4 is 4.74 Å². The van der Waals surface area contributed by atoms with E-state index in [1.807, 2.05) is 35.2 Å². The Morgan fingerprint density at radius 3 is 2.47 bits per heavy atom. The molecule has 0 spiro atoms. The van der Waals surface area contributed by atoms with Crippen LogP contribution >= 0.6 is 9.24 Å². The summed E-state index contributed by atoms with van der Waals surface area (Å²) in [4.78, 5) is 22.6. The SMILES string of the molecule is CO/N=C(/C(=O)OC)c1cccc(C)c1CO/N=C(\C)c1ccc(C)cc1OC(C)(F)P. The lowest BCUT2D eigenvalue weighted by Crippen LogP contribution is -2.20. The number of aryl methyl sites for hydroxylation is 2. The average Bonchev–Trinajstić information content (AvgIpc) is 2.71. The molecule has 32 heavy (non-hydrogen) atoms. The lowest BCUT2D eigenvalue weighted by molar-refractivity contribution is -0.132. The number of carbonyl (C=O) groups is 1. The third-order valence-corrected chi connectivity index (χ3v) is 4.59. The van der Waals surface area contributed by atoms with Crippen molar-refractivity contribution in [2.24, 2.45) is 10.3 Å². The number of ether oxygens (including phenoxy) is 2. The van der Waals surface area contributed by atoms with Gasteiger partial charge in [0.25, 0.3) is 5.60 Å². The molecular formula is C23H28FN2O5P. The summed E-state index contributed by atoms with van der Waals surface area (Å²) >= 11 is 0. The van der Waals surface area contributed by atoms with Crippen molar-refractivity contribution in [3.63, 3.8) is 0 Å². The molecule has 0 saturated heterocycles. The van der Waals surface area contributed by atoms with Crippen LogP contribution in [0.3, 0.4) is 0 Å². The van der Waals surface area contributed by atoms with Gasteiger partial charge in [-0.2, -0.15) is 4.39 Å². The summed E-state index contributed by atoms with van der Waals surface area (Å²) in [5.74, 6) is -0.279. The minimum absolute atomic E-state index is 0.0231. The van der Waals surface area contributed by atoms with Crippen LogP contribution in [0, 0.1) is 13.8 Å². The normalized spacial score (nSPS) is 13.9. The van der Waals surface area contributed by atoms with E-state index >= 15 is 0 Å². The zero-order chi connectivity index (χ0) is 23.9. The van der Waals surface area contributed by atoms with Crippen LogP contribution in [0.5, 0.6) is 5.75 Å². The van der Waals surface area contributed by atoms with Gasteiger partial charge in [0.2, 0.25) is 0 Å². The average molecular weight is 462 g/mol. The molecule has 7 nitrogen and oxygen atoms in total. The maximum atomic E-state index is 14.1. The van der Waals surface area contributed by atoms with Gasteiger partial charge in [-0.3, -0.25) is 0 Å². The van der Waals surface area contributed by atoms with E-state index < -0.39 is 11.6 Å². The van der Waals surface area contributed by atoms with Gasteiger partial charge in [-0.15, -0.1) is 0 Å². The van der Waals surface area contributed by atoms with Gasteiger partial charge < -0.3 is 19.1 Å². The number of nitrogens with zero attached hydrogens (tertiary/aromatic N) is 2. The highest BCUT2D eigenvalue weighted by atomic mass is 31.0. The molecule has 172 valence electrons. The number of carbonyl (C=O) groups excluding carboxylic acids is 1. The van der Waals surface area contributed by atoms with Crippen molar-refractivity contribution in [2.45, 2.75) is 39.9 Å². The Balaban J connectivity index is 2.33. The van der Waals surface area contributed by atoms with Crippen molar-refractivity contribution in [1.82, 2.24) is 0 Å². The molecule has 2 aromatic carbocycles. The Kier molecular flexibility index (Phi) is 8.72. The fourth-order valence-corrected chi connectivity index (χ4v) is 3.10. The molecule has 2 aromatic rings. The maximum Gasteiger partial charge on any atom is 0.360 e. The highest BCUT2D eigenvalue weighted by Gasteiger charge is 2.22. The number of benzene rings is 2. The molecule has 9 heteroatoms. The number of methoxy groups -OCH3 is 1. The van der Waals surface area contributed by atoms with E-state index in [-0.39, 0.29) is 12.3 Å². The highest BCUT2D eigenvalue weighted by Crippen LogP contribution is 2.29. The van der Waals surface area contributed by atoms with Crippen LogP contribution in [0.25, 0.3) is 0 Å². The zero-order valence-corrected chi connectivity index (χ0v) is 20.2. The minimum atomic E-state index is -1.93. The smallest absolute Gasteiger partial charge is 0.360 e. The minimum Gasteiger partial charge on any atom is -0.464 e. The summed E-state index contributed by atoms with van der Waals surface area (Å²) in [5.41, 5.74) is 2.21. The molecule has 0 saturated carbocycles. The standard InChI is InChI=1S/C23H28FN2O5P/c1-14-10-11-17(20(12-14)31-23(4,24)32)16(3)25-30-13-19-15(2)8-7-9-18(19)21(26-29-6)22(27)28-5/h7-12H,13,32H2,1-6H3/b25-16+,26-21+. The first-order valence-corrected chi connectivity index (χ1v) is 10.4. The van der Waals surface area contributed by atoms with E-state index in [4.69, 9.17) is 19.1 Å². The molecule has 0 aliphatic carbocycles. The van der Waals surface area contributed by atoms with E-state index in [0.29, 0.717) is 28.2 Å². The molecule has 0 bridgehead atoms. The summed E-state index contributed by atoms with van der Waals surface area (Å²) in [7, 11) is 4.62. The third-order valence-electron chi connectivity index (χ3n) is 4.47. The molecule has 0 N–H and O–H groups in total. The third kappa shape index (κ3) is 6.76. The van der Waals surface area contributed by atoms with E-state index in [1.165, 1.54) is 21.1 Å². The summed E-state index contributed by atoms with van der Waals surface area (Å²) in [6.45, 7) is 6.87. The summed E-state index contributed by atoms with van der Waals surface area (Å²) in [5, 5.41) is 7.99. The number of hydrogen-bond acceptors (Lipinski definition) is 7. The second kappa shape index (κ2) is 11.0. The van der Waals surface area contributed by atoms with Crippen molar-refractivity contribution in [1.29, 1.82) is 0 Å². The van der Waals surface area contributed by atoms with Crippen molar-refractivity contribution in [2.75, 3.05) is 14.2 Å². The number of rotatable bonds is 9. The van der Waals surface area contributed by atoms with Crippen molar-refractivity contribution >= 4 is 26.6 Å². The zero-order valence-electron chi connectivity index (χ0n) is 19.1. The fraction of sp³-hybridized carbons (Fsp3) is 0.348. The number of oxime groups is 2. The predicted molar refractivity (Wildman–Crippen MR) is 125 cm³/mol. The Morgan fingerprint density at radius 1 is 1.12 bits per heavy atom. The molecule has 0 aliphatic heterocycles. The molecule has 2 atom stereocenters. The molecule has 2 rings (SSSR count). The monoisotopic (exact) mass is 462 g/mol. The molecule has 0 aliphatic rings. The van der Waals surface area contributed by atoms with Crippen LogP contribution in [0.15, 0.2) is 46.7 Å². The lowest BCUT2D eigenvalue weighted by Gasteiger charge is -2.20. The van der Waals surface area contributed by atoms with Gasteiger partial charge in [0.05, 0.1) is 12.8 Å². The molecule has 0 heterocycles. The first kappa shape index (κ1) is 25.3. The summed E-state index contributed by atoms with van der Waals surface area (Å²) < 4.78 is 24.3. The number of hydrogen-bond donors (Lipinski definition) is 0. The lowest BCUT2D eigenvalue weighted by atomic mass is 9.99. The van der Waals surface area contributed by atoms with Crippen LogP contribution in [-0.4, -0.2) is 37.2 Å². The first-order valence-electron chi connectivity index (χ1n) is 9.80. The Hall–Kier alpha value is -2.99. The molecule has 0 aromatic heterocycles. The molecule has 0 fully saturated rings. The maximum absolute atomic E-state index is 14.1. The second-order valence-electron chi connectivity index (χ2n) is 7.25. The summed E-state index contributed by atoms with van der Waals surface area (Å²) in [6, 6.07) is 10.8. The Bertz CT molecular complexity index is 1030. The highest BCUT2D eigenvalue weighted by molar-refractivity contribution is 7.18. The molecule has 2 unspecified atom stereocenters. The van der Waals surface area contributed by atoms with E-state index in [2.05, 4.69) is 10.3 Å². The number of alkyl halides is 1. The van der Waals surface area contributed by atoms with Crippen molar-refractivity contribution in [3.8, 4) is 5.75 Å². The van der Waals surface area contributed by atoms with Gasteiger partial charge in [-0.25, -0.2) is 4.79 Å². The van der Waals surface area contributed by atoms with Crippen LogP contribution in [-0.2, 0) is 25.8 Å². The van der Waals surface area contributed by atoms with Gasteiger partial charge in [0, 0.05) is 23.6 Å². The number of halogens is 1. The molecule has 0 amide bonds. The van der Waals surface area contributed by atoms with Gasteiger partial charge in [-0.05, 0) is 44.0 Å². The Morgan fingerprint density at radius 2 is 1.84 bits per heavy atom. The van der Waals surface area contributed by atoms with Crippen molar-refractivity contribution in [3.05, 3.63) is 64.2 Å². The van der Waals surface area contributed by atoms with E-state index in [0.717, 1.165) is 11.1 Å². The number of esters is 1. The van der Waals surface area contributed by atoms with Gasteiger partial charge in [0.15, 0.2) is 5.71 Å². The first-order chi connectivity index (χ1) is 15.1. The van der Waals surface area contributed by atoms with E-state index in [9.17, 15) is 9.18 Å². The largest absolute Gasteiger partial charge is 0.464 e.